The molecule has 2 aliphatic rings. The van der Waals surface area contributed by atoms with Gasteiger partial charge in [-0.25, -0.2) is 9.97 Å². The minimum atomic E-state index is 0.0317. The number of rotatable bonds is 4. The average Bonchev–Trinajstić information content (AvgIpc) is 3.11. The topological polar surface area (TPSA) is 69.6 Å². The number of phenolic OH excluding ortho intramolecular Hbond substituents is 1. The number of anilines is 1. The molecule has 1 aliphatic heterocycles. The second-order valence-corrected chi connectivity index (χ2v) is 11.1. The fraction of sp³-hybridized carbons (Fsp3) is 0.464. The molecule has 1 saturated heterocycles. The molecule has 1 saturated carbocycles. The van der Waals surface area contributed by atoms with Crippen LogP contribution < -0.4 is 4.90 Å². The van der Waals surface area contributed by atoms with Gasteiger partial charge in [-0.05, 0) is 54.0 Å². The number of fused-ring (bicyclic) bond motifs is 1. The van der Waals surface area contributed by atoms with Crippen molar-refractivity contribution in [2.75, 3.05) is 25.0 Å². The molecule has 1 aromatic heterocycles. The first-order valence-electron chi connectivity index (χ1n) is 12.1. The third-order valence-electron chi connectivity index (χ3n) is 8.60. The van der Waals surface area contributed by atoms with Gasteiger partial charge in [-0.3, -0.25) is 4.79 Å². The van der Waals surface area contributed by atoms with Crippen LogP contribution in [0, 0.1) is 23.7 Å². The maximum atomic E-state index is 13.3. The number of likely N-dealkylation sites (N-methyl/N-ethyl adjacent to an activating group) is 1. The van der Waals surface area contributed by atoms with Crippen molar-refractivity contribution >= 4 is 22.6 Å². The van der Waals surface area contributed by atoms with E-state index in [0.29, 0.717) is 11.4 Å². The van der Waals surface area contributed by atoms with Crippen LogP contribution >= 0.6 is 0 Å². The lowest BCUT2D eigenvalue weighted by atomic mass is 10.0. The Morgan fingerprint density at radius 1 is 1.09 bits per heavy atom. The van der Waals surface area contributed by atoms with Crippen LogP contribution in [-0.2, 0) is 4.79 Å². The Kier molecular flexibility index (Phi) is 5.12. The van der Waals surface area contributed by atoms with Gasteiger partial charge in [0.1, 0.15) is 11.6 Å². The summed E-state index contributed by atoms with van der Waals surface area (Å²) < 4.78 is 0. The van der Waals surface area contributed by atoms with Gasteiger partial charge in [0, 0.05) is 31.4 Å². The molecule has 0 spiro atoms. The Balaban J connectivity index is 1.47. The first kappa shape index (κ1) is 22.6. The molecule has 34 heavy (non-hydrogen) atoms. The van der Waals surface area contributed by atoms with Gasteiger partial charge in [0.05, 0.1) is 17.1 Å². The summed E-state index contributed by atoms with van der Waals surface area (Å²) in [6.45, 7) is 12.4. The van der Waals surface area contributed by atoms with Gasteiger partial charge >= 0.3 is 0 Å². The standard InChI is InChI=1S/C28H34N4O2/c1-17-11-12-19-21(15-17)29-24(20-9-7-8-10-22(20)33)30-25(19)32-14-13-18(16-32)31(6)26(34)23-27(2,3)28(23,4)5/h7-12,15,18,23,33H,13-14,16H2,1-6H3/t18-/m1/s1. The fourth-order valence-electron chi connectivity index (χ4n) is 5.69. The van der Waals surface area contributed by atoms with Gasteiger partial charge in [-0.15, -0.1) is 0 Å². The maximum absolute atomic E-state index is 13.3. The number of aromatic nitrogens is 2. The van der Waals surface area contributed by atoms with E-state index in [1.54, 1.807) is 12.1 Å². The van der Waals surface area contributed by atoms with Crippen LogP contribution in [0.4, 0.5) is 5.82 Å². The third-order valence-corrected chi connectivity index (χ3v) is 8.60. The van der Waals surface area contributed by atoms with Crippen molar-refractivity contribution in [3.8, 4) is 17.1 Å². The Bertz CT molecular complexity index is 1270. The maximum Gasteiger partial charge on any atom is 0.226 e. The lowest BCUT2D eigenvalue weighted by molar-refractivity contribution is -0.134. The molecule has 5 rings (SSSR count). The quantitative estimate of drug-likeness (QED) is 0.594. The number of hydrogen-bond acceptors (Lipinski definition) is 5. The minimum absolute atomic E-state index is 0.0317. The highest BCUT2D eigenvalue weighted by atomic mass is 16.3. The smallest absolute Gasteiger partial charge is 0.226 e. The predicted molar refractivity (Wildman–Crippen MR) is 136 cm³/mol. The number of carbonyl (C=O) groups excluding carboxylic acids is 1. The largest absolute Gasteiger partial charge is 0.507 e. The monoisotopic (exact) mass is 458 g/mol. The summed E-state index contributed by atoms with van der Waals surface area (Å²) in [5, 5.41) is 11.4. The highest BCUT2D eigenvalue weighted by Crippen LogP contribution is 2.68. The van der Waals surface area contributed by atoms with E-state index in [0.717, 1.165) is 41.8 Å². The van der Waals surface area contributed by atoms with Crippen molar-refractivity contribution in [3.05, 3.63) is 48.0 Å². The van der Waals surface area contributed by atoms with E-state index >= 15 is 0 Å². The van der Waals surface area contributed by atoms with Gasteiger partial charge in [0.2, 0.25) is 5.91 Å². The lowest BCUT2D eigenvalue weighted by Gasteiger charge is -2.26. The molecule has 6 heteroatoms. The third kappa shape index (κ3) is 3.42. The molecule has 2 heterocycles. The van der Waals surface area contributed by atoms with Crippen molar-refractivity contribution in [2.24, 2.45) is 16.7 Å². The van der Waals surface area contributed by atoms with Crippen LogP contribution in [0.25, 0.3) is 22.3 Å². The molecule has 1 aliphatic carbocycles. The number of benzene rings is 2. The van der Waals surface area contributed by atoms with Crippen molar-refractivity contribution in [1.82, 2.24) is 14.9 Å². The zero-order valence-electron chi connectivity index (χ0n) is 21.0. The lowest BCUT2D eigenvalue weighted by Crippen LogP contribution is -2.41. The molecule has 0 radical (unpaired) electrons. The summed E-state index contributed by atoms with van der Waals surface area (Å²) in [6.07, 6.45) is 0.902. The fourth-order valence-corrected chi connectivity index (χ4v) is 5.69. The summed E-state index contributed by atoms with van der Waals surface area (Å²) in [5.41, 5.74) is 2.67. The second kappa shape index (κ2) is 7.69. The molecule has 2 fully saturated rings. The van der Waals surface area contributed by atoms with Gasteiger partial charge in [-0.2, -0.15) is 0 Å². The minimum Gasteiger partial charge on any atom is -0.507 e. The van der Waals surface area contributed by atoms with E-state index in [1.165, 1.54) is 0 Å². The SMILES string of the molecule is Cc1ccc2c(N3CC[C@@H](N(C)C(=O)C4C(C)(C)C4(C)C)C3)nc(-c3ccccc3O)nc2c1. The predicted octanol–water partition coefficient (Wildman–Crippen LogP) is 5.03. The van der Waals surface area contributed by atoms with Crippen LogP contribution in [0.2, 0.25) is 0 Å². The molecular weight excluding hydrogens is 424 g/mol. The molecule has 0 bridgehead atoms. The second-order valence-electron chi connectivity index (χ2n) is 11.1. The Hall–Kier alpha value is -3.15. The first-order chi connectivity index (χ1) is 16.0. The Morgan fingerprint density at radius 2 is 1.79 bits per heavy atom. The highest BCUT2D eigenvalue weighted by Gasteiger charge is 2.68. The summed E-state index contributed by atoms with van der Waals surface area (Å²) in [6, 6.07) is 13.5. The van der Waals surface area contributed by atoms with E-state index in [-0.39, 0.29) is 34.4 Å². The van der Waals surface area contributed by atoms with Crippen molar-refractivity contribution in [2.45, 2.75) is 47.1 Å². The van der Waals surface area contributed by atoms with E-state index < -0.39 is 0 Å². The number of para-hydroxylation sites is 1. The van der Waals surface area contributed by atoms with Gasteiger partial charge in [0.15, 0.2) is 5.82 Å². The number of amides is 1. The molecule has 1 amide bonds. The molecule has 6 nitrogen and oxygen atoms in total. The highest BCUT2D eigenvalue weighted by molar-refractivity contribution is 5.92. The number of carbonyl (C=O) groups is 1. The molecule has 178 valence electrons. The molecule has 1 N–H and O–H groups in total. The van der Waals surface area contributed by atoms with Crippen LogP contribution in [0.3, 0.4) is 0 Å². The number of aryl methyl sites for hydroxylation is 1. The molecule has 2 aromatic carbocycles. The first-order valence-corrected chi connectivity index (χ1v) is 12.1. The Labute approximate surface area is 201 Å². The van der Waals surface area contributed by atoms with Crippen molar-refractivity contribution < 1.29 is 9.90 Å². The van der Waals surface area contributed by atoms with Gasteiger partial charge in [0.25, 0.3) is 0 Å². The van der Waals surface area contributed by atoms with Crippen molar-refractivity contribution in [1.29, 1.82) is 0 Å². The zero-order valence-corrected chi connectivity index (χ0v) is 21.0. The summed E-state index contributed by atoms with van der Waals surface area (Å²) in [4.78, 5) is 27.3. The van der Waals surface area contributed by atoms with Crippen molar-refractivity contribution in [3.63, 3.8) is 0 Å². The summed E-state index contributed by atoms with van der Waals surface area (Å²) >= 11 is 0. The molecule has 3 aromatic rings. The summed E-state index contributed by atoms with van der Waals surface area (Å²) in [5.74, 6) is 1.86. The van der Waals surface area contributed by atoms with Crippen LogP contribution in [0.1, 0.15) is 39.7 Å². The number of aromatic hydroxyl groups is 1. The van der Waals surface area contributed by atoms with Gasteiger partial charge in [-0.1, -0.05) is 45.9 Å². The van der Waals surface area contributed by atoms with Crippen LogP contribution in [0.15, 0.2) is 42.5 Å². The number of hydrogen-bond donors (Lipinski definition) is 1. The zero-order chi connectivity index (χ0) is 24.4. The number of nitrogens with zero attached hydrogens (tertiary/aromatic N) is 4. The number of phenols is 1. The van der Waals surface area contributed by atoms with Gasteiger partial charge < -0.3 is 14.9 Å². The van der Waals surface area contributed by atoms with Crippen LogP contribution in [0.5, 0.6) is 5.75 Å². The average molecular weight is 459 g/mol. The van der Waals surface area contributed by atoms with Crippen LogP contribution in [-0.4, -0.2) is 52.1 Å². The van der Waals surface area contributed by atoms with E-state index in [9.17, 15) is 9.90 Å². The normalized spacial score (nSPS) is 21.1. The summed E-state index contributed by atoms with van der Waals surface area (Å²) in [7, 11) is 1.95. The molecule has 1 atom stereocenters. The van der Waals surface area contributed by atoms with E-state index in [1.807, 2.05) is 31.0 Å². The van der Waals surface area contributed by atoms with E-state index in [2.05, 4.69) is 50.8 Å². The molecular formula is C28H34N4O2. The molecule has 0 unspecified atom stereocenters. The van der Waals surface area contributed by atoms with E-state index in [4.69, 9.17) is 9.97 Å². The Morgan fingerprint density at radius 3 is 2.47 bits per heavy atom.